The third-order valence-electron chi connectivity index (χ3n) is 7.31. The van der Waals surface area contributed by atoms with Crippen molar-refractivity contribution in [2.45, 2.75) is 37.3 Å². The van der Waals surface area contributed by atoms with Crippen LogP contribution in [0.25, 0.3) is 0 Å². The second-order valence-corrected chi connectivity index (χ2v) is 9.63. The Bertz CT molecular complexity index is 1230. The molecule has 3 aromatic rings. The molecule has 0 radical (unpaired) electrons. The molecule has 1 aromatic heterocycles. The predicted molar refractivity (Wildman–Crippen MR) is 134 cm³/mol. The number of aliphatic hydroxyl groups is 1. The lowest BCUT2D eigenvalue weighted by molar-refractivity contribution is -0.167. The second kappa shape index (κ2) is 10.6. The number of amides is 2. The zero-order chi connectivity index (χ0) is 25.8. The molecule has 2 saturated heterocycles. The van der Waals surface area contributed by atoms with Gasteiger partial charge in [0, 0.05) is 6.54 Å². The van der Waals surface area contributed by atoms with Crippen LogP contribution in [-0.2, 0) is 20.8 Å². The molecule has 2 aliphatic heterocycles. The van der Waals surface area contributed by atoms with Gasteiger partial charge in [-0.05, 0) is 55.5 Å². The van der Waals surface area contributed by atoms with Crippen molar-refractivity contribution in [2.75, 3.05) is 19.7 Å². The third kappa shape index (κ3) is 4.76. The van der Waals surface area contributed by atoms with Crippen molar-refractivity contribution < 1.29 is 28.6 Å². The van der Waals surface area contributed by atoms with E-state index >= 15 is 0 Å². The van der Waals surface area contributed by atoms with Crippen LogP contribution >= 0.6 is 0 Å². The first-order valence-corrected chi connectivity index (χ1v) is 12.6. The van der Waals surface area contributed by atoms with E-state index in [4.69, 9.17) is 9.15 Å². The molecule has 0 aliphatic carbocycles. The minimum absolute atomic E-state index is 0.0500. The van der Waals surface area contributed by atoms with Crippen molar-refractivity contribution in [3.8, 4) is 5.75 Å². The van der Waals surface area contributed by atoms with E-state index in [-0.39, 0.29) is 24.8 Å². The summed E-state index contributed by atoms with van der Waals surface area (Å²) in [6, 6.07) is 21.2. The van der Waals surface area contributed by atoms with Crippen molar-refractivity contribution in [2.24, 2.45) is 5.92 Å². The van der Waals surface area contributed by atoms with Crippen molar-refractivity contribution >= 4 is 17.8 Å². The van der Waals surface area contributed by atoms with Crippen LogP contribution in [0.2, 0.25) is 0 Å². The summed E-state index contributed by atoms with van der Waals surface area (Å²) in [6.07, 6.45) is 3.87. The van der Waals surface area contributed by atoms with Crippen molar-refractivity contribution in [3.05, 3.63) is 90.4 Å². The highest BCUT2D eigenvalue weighted by Crippen LogP contribution is 2.50. The normalized spacial score (nSPS) is 23.3. The van der Waals surface area contributed by atoms with E-state index in [9.17, 15) is 19.5 Å². The highest BCUT2D eigenvalue weighted by atomic mass is 16.5. The zero-order valence-corrected chi connectivity index (χ0v) is 20.5. The topological polar surface area (TPSA) is 100 Å². The van der Waals surface area contributed by atoms with E-state index in [2.05, 4.69) is 12.1 Å². The summed E-state index contributed by atoms with van der Waals surface area (Å²) in [7, 11) is 0. The van der Waals surface area contributed by atoms with Crippen LogP contribution in [0.4, 0.5) is 0 Å². The summed E-state index contributed by atoms with van der Waals surface area (Å²) >= 11 is 0. The maximum Gasteiger partial charge on any atom is 0.317 e. The molecule has 3 heterocycles. The van der Waals surface area contributed by atoms with Gasteiger partial charge in [0.25, 0.3) is 5.91 Å². The molecule has 192 valence electrons. The predicted octanol–water partition coefficient (Wildman–Crippen LogP) is 3.37. The van der Waals surface area contributed by atoms with E-state index in [0.29, 0.717) is 18.1 Å². The Balaban J connectivity index is 1.36. The maximum atomic E-state index is 13.8. The molecule has 37 heavy (non-hydrogen) atoms. The molecular formula is C29H30N2O6. The number of nitrogens with zero attached hydrogens (tertiary/aromatic N) is 2. The van der Waals surface area contributed by atoms with Crippen molar-refractivity contribution in [1.29, 1.82) is 0 Å². The van der Waals surface area contributed by atoms with Crippen molar-refractivity contribution in [3.63, 3.8) is 0 Å². The third-order valence-corrected chi connectivity index (χ3v) is 7.31. The van der Waals surface area contributed by atoms with E-state index < -0.39 is 30.1 Å². The number of hydrogen-bond donors (Lipinski definition) is 1. The molecule has 3 unspecified atom stereocenters. The Morgan fingerprint density at radius 2 is 1.73 bits per heavy atom. The van der Waals surface area contributed by atoms with Gasteiger partial charge in [-0.25, -0.2) is 0 Å². The molecule has 2 aliphatic rings. The number of fused-ring (bicyclic) bond motifs is 1. The number of unbranched alkanes of at least 4 members (excludes halogenated alkanes) is 1. The van der Waals surface area contributed by atoms with E-state index in [0.717, 1.165) is 19.3 Å². The first kappa shape index (κ1) is 24.8. The fourth-order valence-corrected chi connectivity index (χ4v) is 5.55. The van der Waals surface area contributed by atoms with Gasteiger partial charge in [0.15, 0.2) is 0 Å². The van der Waals surface area contributed by atoms with E-state index in [1.807, 2.05) is 24.3 Å². The highest BCUT2D eigenvalue weighted by Gasteiger charge is 2.64. The number of carbonyl (C=O) groups is 3. The van der Waals surface area contributed by atoms with Gasteiger partial charge in [0.2, 0.25) is 5.91 Å². The summed E-state index contributed by atoms with van der Waals surface area (Å²) < 4.78 is 11.2. The van der Waals surface area contributed by atoms with E-state index in [1.165, 1.54) is 21.6 Å². The van der Waals surface area contributed by atoms with Crippen LogP contribution in [0, 0.1) is 5.92 Å². The second-order valence-electron chi connectivity index (χ2n) is 9.63. The average molecular weight is 503 g/mol. The van der Waals surface area contributed by atoms with Crippen LogP contribution in [0.1, 0.15) is 36.6 Å². The zero-order valence-electron chi connectivity index (χ0n) is 20.5. The summed E-state index contributed by atoms with van der Waals surface area (Å²) in [5.74, 6) is -1.39. The number of esters is 1. The standard InChI is InChI=1S/C29H30N2O6/c32-20-29-18-23(27(34)37-22-13-5-2-6-14-22)26(24-15-9-17-36-24)31(29)25(33)19-30(28(29)35)16-8-7-12-21-10-3-1-4-11-21/h1-6,9-11,13-15,17,23,26,32H,7-8,12,16,18-20H2. The largest absolute Gasteiger partial charge is 0.467 e. The number of ether oxygens (including phenoxy) is 1. The summed E-state index contributed by atoms with van der Waals surface area (Å²) in [4.78, 5) is 43.5. The molecule has 5 rings (SSSR count). The minimum Gasteiger partial charge on any atom is -0.467 e. The Kier molecular flexibility index (Phi) is 7.10. The van der Waals surface area contributed by atoms with E-state index in [1.54, 1.807) is 36.4 Å². The molecule has 3 atom stereocenters. The molecular weight excluding hydrogens is 472 g/mol. The summed E-state index contributed by atoms with van der Waals surface area (Å²) in [6.45, 7) is -0.300. The molecule has 8 nitrogen and oxygen atoms in total. The maximum absolute atomic E-state index is 13.8. The van der Waals surface area contributed by atoms with Crippen LogP contribution in [0.15, 0.2) is 83.5 Å². The van der Waals surface area contributed by atoms with Crippen LogP contribution < -0.4 is 4.74 Å². The smallest absolute Gasteiger partial charge is 0.317 e. The Morgan fingerprint density at radius 3 is 2.41 bits per heavy atom. The number of aryl methyl sites for hydroxylation is 1. The molecule has 2 amide bonds. The van der Waals surface area contributed by atoms with Crippen molar-refractivity contribution in [1.82, 2.24) is 9.80 Å². The van der Waals surface area contributed by atoms with Crippen LogP contribution in [-0.4, -0.2) is 57.9 Å². The molecule has 1 N–H and O–H groups in total. The quantitative estimate of drug-likeness (QED) is 0.274. The number of hydrogen-bond acceptors (Lipinski definition) is 6. The number of para-hydroxylation sites is 1. The molecule has 0 saturated carbocycles. The molecule has 0 spiro atoms. The molecule has 8 heteroatoms. The van der Waals surface area contributed by atoms with Crippen LogP contribution in [0.3, 0.4) is 0 Å². The number of piperazine rings is 1. The summed E-state index contributed by atoms with van der Waals surface area (Å²) in [5.41, 5.74) is -0.328. The average Bonchev–Trinajstić information content (AvgIpc) is 3.57. The number of benzene rings is 2. The fraction of sp³-hybridized carbons (Fsp3) is 0.345. The molecule has 2 fully saturated rings. The van der Waals surface area contributed by atoms with Crippen LogP contribution in [0.5, 0.6) is 5.75 Å². The number of aliphatic hydroxyl groups excluding tert-OH is 1. The van der Waals surface area contributed by atoms with Gasteiger partial charge in [-0.15, -0.1) is 0 Å². The lowest BCUT2D eigenvalue weighted by atomic mass is 9.88. The minimum atomic E-state index is -1.55. The number of furan rings is 1. The first-order valence-electron chi connectivity index (χ1n) is 12.6. The Hall–Kier alpha value is -3.91. The number of rotatable bonds is 9. The lowest BCUT2D eigenvalue weighted by Gasteiger charge is -2.46. The van der Waals surface area contributed by atoms with Gasteiger partial charge in [-0.2, -0.15) is 0 Å². The fourth-order valence-electron chi connectivity index (χ4n) is 5.55. The number of carbonyl (C=O) groups excluding carboxylic acids is 3. The van der Waals surface area contributed by atoms with Gasteiger partial charge in [0.1, 0.15) is 23.1 Å². The summed E-state index contributed by atoms with van der Waals surface area (Å²) in [5, 5.41) is 10.6. The highest BCUT2D eigenvalue weighted by molar-refractivity contribution is 6.00. The van der Waals surface area contributed by atoms with Gasteiger partial charge in [-0.1, -0.05) is 48.5 Å². The van der Waals surface area contributed by atoms with Gasteiger partial charge in [-0.3, -0.25) is 14.4 Å². The first-order chi connectivity index (χ1) is 18.0. The lowest BCUT2D eigenvalue weighted by Crippen LogP contribution is -2.67. The van der Waals surface area contributed by atoms with Gasteiger partial charge >= 0.3 is 5.97 Å². The Labute approximate surface area is 215 Å². The Morgan fingerprint density at radius 1 is 1.00 bits per heavy atom. The van der Waals surface area contributed by atoms with Gasteiger partial charge in [0.05, 0.1) is 25.3 Å². The SMILES string of the molecule is O=C(Oc1ccccc1)C1CC2(CO)C(=O)N(CCCCc3ccccc3)CC(=O)N2C1c1ccco1. The monoisotopic (exact) mass is 502 g/mol. The van der Waals surface area contributed by atoms with Gasteiger partial charge < -0.3 is 24.1 Å². The molecule has 2 aromatic carbocycles. The molecule has 0 bridgehead atoms.